The van der Waals surface area contributed by atoms with Gasteiger partial charge in [-0.1, -0.05) is 18.9 Å². The smallest absolute Gasteiger partial charge is 0.243 e. The van der Waals surface area contributed by atoms with Crippen LogP contribution in [-0.4, -0.2) is 6.17 Å². The molecule has 1 atom stereocenters. The van der Waals surface area contributed by atoms with Gasteiger partial charge in [-0.25, -0.2) is 4.39 Å². The lowest BCUT2D eigenvalue weighted by atomic mass is 10.1. The number of hydrogen-bond donors (Lipinski definition) is 0. The van der Waals surface area contributed by atoms with Crippen molar-refractivity contribution >= 4 is 0 Å². The van der Waals surface area contributed by atoms with Crippen molar-refractivity contribution < 1.29 is 13.2 Å². The Kier molecular flexibility index (Phi) is 7.45. The van der Waals surface area contributed by atoms with Gasteiger partial charge in [-0.2, -0.15) is 8.78 Å². The lowest BCUT2D eigenvalue weighted by Crippen LogP contribution is -1.95. The zero-order valence-corrected chi connectivity index (χ0v) is 7.61. The molecule has 0 rings (SSSR count). The maximum atomic E-state index is 12.6. The minimum Gasteiger partial charge on any atom is -0.243 e. The largest absolute Gasteiger partial charge is 0.269 e. The fourth-order valence-corrected chi connectivity index (χ4v) is 1.02. The summed E-state index contributed by atoms with van der Waals surface area (Å²) in [6.45, 7) is 3.55. The fourth-order valence-electron chi connectivity index (χ4n) is 1.02. The lowest BCUT2D eigenvalue weighted by molar-refractivity contribution is 0.339. The van der Waals surface area contributed by atoms with Gasteiger partial charge in [0.2, 0.25) is 0 Å². The number of hydrogen-bond acceptors (Lipinski definition) is 0. The van der Waals surface area contributed by atoms with Gasteiger partial charge in [-0.05, 0) is 19.3 Å². The Morgan fingerprint density at radius 1 is 1.23 bits per heavy atom. The van der Waals surface area contributed by atoms with E-state index in [1.807, 2.05) is 0 Å². The number of halogens is 3. The molecular formula is C10H15F3. The Balaban J connectivity index is 3.32. The highest BCUT2D eigenvalue weighted by Crippen LogP contribution is 2.12. The standard InChI is InChI=1S/C10H15F3/c1-2-3-4-5-6-7-9(11)8-10(12)13/h2,8-9H,1,3-7H2. The minimum atomic E-state index is -1.93. The summed E-state index contributed by atoms with van der Waals surface area (Å²) in [5.41, 5.74) is 0. The topological polar surface area (TPSA) is 0 Å². The van der Waals surface area contributed by atoms with Gasteiger partial charge in [0.05, 0.1) is 0 Å². The van der Waals surface area contributed by atoms with Gasteiger partial charge in [0.25, 0.3) is 6.08 Å². The first-order valence-corrected chi connectivity index (χ1v) is 4.44. The van der Waals surface area contributed by atoms with E-state index in [1.165, 1.54) is 0 Å². The first kappa shape index (κ1) is 12.3. The van der Waals surface area contributed by atoms with E-state index in [4.69, 9.17) is 0 Å². The van der Waals surface area contributed by atoms with Crippen LogP contribution in [0.2, 0.25) is 0 Å². The van der Waals surface area contributed by atoms with E-state index in [-0.39, 0.29) is 6.42 Å². The molecule has 13 heavy (non-hydrogen) atoms. The van der Waals surface area contributed by atoms with Crippen molar-refractivity contribution in [2.75, 3.05) is 0 Å². The SMILES string of the molecule is C=CCCCCCC(F)C=C(F)F. The molecule has 0 spiro atoms. The Morgan fingerprint density at radius 2 is 1.92 bits per heavy atom. The van der Waals surface area contributed by atoms with Gasteiger partial charge in [0.15, 0.2) is 0 Å². The molecule has 0 saturated carbocycles. The maximum Gasteiger partial charge on any atom is 0.269 e. The quantitative estimate of drug-likeness (QED) is 0.418. The number of unbranched alkanes of at least 4 members (excludes halogenated alkanes) is 3. The van der Waals surface area contributed by atoms with Crippen molar-refractivity contribution in [3.63, 3.8) is 0 Å². The molecule has 0 nitrogen and oxygen atoms in total. The van der Waals surface area contributed by atoms with Crippen LogP contribution in [-0.2, 0) is 0 Å². The summed E-state index contributed by atoms with van der Waals surface area (Å²) in [5.74, 6) is 0. The molecule has 0 heterocycles. The predicted octanol–water partition coefficient (Wildman–Crippen LogP) is 4.24. The number of allylic oxidation sites excluding steroid dienone is 2. The lowest BCUT2D eigenvalue weighted by Gasteiger charge is -2.01. The molecule has 0 radical (unpaired) electrons. The van der Waals surface area contributed by atoms with Crippen LogP contribution in [0.1, 0.15) is 32.1 Å². The van der Waals surface area contributed by atoms with Crippen molar-refractivity contribution in [1.82, 2.24) is 0 Å². The van der Waals surface area contributed by atoms with Crippen LogP contribution in [0.15, 0.2) is 24.8 Å². The second-order valence-electron chi connectivity index (χ2n) is 2.90. The van der Waals surface area contributed by atoms with Gasteiger partial charge in [-0.3, -0.25) is 0 Å². The van der Waals surface area contributed by atoms with Gasteiger partial charge in [0, 0.05) is 6.08 Å². The molecule has 0 bridgehead atoms. The molecule has 0 aliphatic carbocycles. The van der Waals surface area contributed by atoms with Crippen molar-refractivity contribution in [2.24, 2.45) is 0 Å². The Bertz CT molecular complexity index is 160. The molecular weight excluding hydrogens is 177 g/mol. The minimum absolute atomic E-state index is 0.189. The molecule has 0 aromatic rings. The molecule has 0 amide bonds. The second kappa shape index (κ2) is 7.90. The van der Waals surface area contributed by atoms with Gasteiger partial charge in [0.1, 0.15) is 6.17 Å². The van der Waals surface area contributed by atoms with Crippen LogP contribution < -0.4 is 0 Å². The van der Waals surface area contributed by atoms with Crippen LogP contribution in [0.3, 0.4) is 0 Å². The third kappa shape index (κ3) is 9.18. The van der Waals surface area contributed by atoms with Crippen molar-refractivity contribution in [1.29, 1.82) is 0 Å². The van der Waals surface area contributed by atoms with Crippen LogP contribution >= 0.6 is 0 Å². The molecule has 76 valence electrons. The summed E-state index contributed by atoms with van der Waals surface area (Å²) in [7, 11) is 0. The molecule has 0 N–H and O–H groups in total. The van der Waals surface area contributed by atoms with Crippen molar-refractivity contribution in [3.05, 3.63) is 24.8 Å². The summed E-state index contributed by atoms with van der Waals surface area (Å²) in [6.07, 6.45) is 2.32. The normalized spacial score (nSPS) is 12.2. The van der Waals surface area contributed by atoms with E-state index >= 15 is 0 Å². The van der Waals surface area contributed by atoms with E-state index in [1.54, 1.807) is 6.08 Å². The highest BCUT2D eigenvalue weighted by atomic mass is 19.3. The summed E-state index contributed by atoms with van der Waals surface area (Å²) < 4.78 is 35.6. The van der Waals surface area contributed by atoms with Crippen molar-refractivity contribution in [3.8, 4) is 0 Å². The monoisotopic (exact) mass is 192 g/mol. The molecule has 0 aromatic carbocycles. The third-order valence-electron chi connectivity index (χ3n) is 1.69. The summed E-state index contributed by atoms with van der Waals surface area (Å²) in [4.78, 5) is 0. The molecule has 0 aliphatic heterocycles. The van der Waals surface area contributed by atoms with Gasteiger partial charge < -0.3 is 0 Å². The first-order valence-electron chi connectivity index (χ1n) is 4.44. The van der Waals surface area contributed by atoms with Crippen LogP contribution in [0.4, 0.5) is 13.2 Å². The van der Waals surface area contributed by atoms with Crippen molar-refractivity contribution in [2.45, 2.75) is 38.3 Å². The number of rotatable bonds is 7. The van der Waals surface area contributed by atoms with Crippen LogP contribution in [0, 0.1) is 0 Å². The van der Waals surface area contributed by atoms with Crippen LogP contribution in [0.25, 0.3) is 0 Å². The zero-order chi connectivity index (χ0) is 10.1. The first-order chi connectivity index (χ1) is 6.16. The van der Waals surface area contributed by atoms with E-state index in [0.717, 1.165) is 19.3 Å². The van der Waals surface area contributed by atoms with E-state index < -0.39 is 12.3 Å². The van der Waals surface area contributed by atoms with E-state index in [9.17, 15) is 13.2 Å². The summed E-state index contributed by atoms with van der Waals surface area (Å²) >= 11 is 0. The second-order valence-corrected chi connectivity index (χ2v) is 2.90. The summed E-state index contributed by atoms with van der Waals surface area (Å²) in [5, 5.41) is 0. The molecule has 1 unspecified atom stereocenters. The zero-order valence-electron chi connectivity index (χ0n) is 7.61. The number of alkyl halides is 1. The molecule has 3 heteroatoms. The Hall–Kier alpha value is -0.730. The predicted molar refractivity (Wildman–Crippen MR) is 48.5 cm³/mol. The Morgan fingerprint density at radius 3 is 2.46 bits per heavy atom. The van der Waals surface area contributed by atoms with Gasteiger partial charge >= 0.3 is 0 Å². The molecule has 0 saturated heterocycles. The average Bonchev–Trinajstić information content (AvgIpc) is 2.02. The average molecular weight is 192 g/mol. The van der Waals surface area contributed by atoms with E-state index in [0.29, 0.717) is 12.5 Å². The molecule has 0 aromatic heterocycles. The molecule has 0 fully saturated rings. The Labute approximate surface area is 77.1 Å². The van der Waals surface area contributed by atoms with Gasteiger partial charge in [-0.15, -0.1) is 6.58 Å². The maximum absolute atomic E-state index is 12.6. The van der Waals surface area contributed by atoms with E-state index in [2.05, 4.69) is 6.58 Å². The third-order valence-corrected chi connectivity index (χ3v) is 1.69. The molecule has 0 aliphatic rings. The van der Waals surface area contributed by atoms with Crippen LogP contribution in [0.5, 0.6) is 0 Å². The summed E-state index contributed by atoms with van der Waals surface area (Å²) in [6, 6.07) is 0. The highest BCUT2D eigenvalue weighted by Gasteiger charge is 2.04. The highest BCUT2D eigenvalue weighted by molar-refractivity contribution is 4.88. The fraction of sp³-hybridized carbons (Fsp3) is 0.600.